The predicted molar refractivity (Wildman–Crippen MR) is 76.7 cm³/mol. The summed E-state index contributed by atoms with van der Waals surface area (Å²) in [6, 6.07) is 1.35. The largest absolute Gasteiger partial charge is 0.444 e. The van der Waals surface area contributed by atoms with Crippen molar-refractivity contribution in [2.24, 2.45) is 0 Å². The lowest BCUT2D eigenvalue weighted by atomic mass is 10.2. The molecule has 0 saturated carbocycles. The number of aliphatic hydroxyl groups is 1. The molecule has 1 aromatic heterocycles. The van der Waals surface area contributed by atoms with Gasteiger partial charge in [-0.1, -0.05) is 0 Å². The smallest absolute Gasteiger partial charge is 0.287 e. The number of hydrogen-bond donors (Lipinski definition) is 2. The molecule has 1 amide bonds. The van der Waals surface area contributed by atoms with Gasteiger partial charge in [0.2, 0.25) is 0 Å². The first-order valence-corrected chi connectivity index (χ1v) is 7.37. The highest BCUT2D eigenvalue weighted by Gasteiger charge is 2.20. The van der Waals surface area contributed by atoms with Crippen molar-refractivity contribution in [3.8, 4) is 0 Å². The molecule has 1 fully saturated rings. The Morgan fingerprint density at radius 3 is 2.80 bits per heavy atom. The van der Waals surface area contributed by atoms with Crippen LogP contribution in [0.3, 0.4) is 0 Å². The van der Waals surface area contributed by atoms with Crippen LogP contribution < -0.4 is 5.32 Å². The van der Waals surface area contributed by atoms with E-state index in [2.05, 4.69) is 26.1 Å². The molecule has 1 unspecified atom stereocenters. The summed E-state index contributed by atoms with van der Waals surface area (Å²) in [6.45, 7) is 5.36. The number of halogens is 1. The normalized spacial score (nSPS) is 17.9. The molecule has 112 valence electrons. The Hall–Kier alpha value is -0.890. The van der Waals surface area contributed by atoms with E-state index in [1.807, 2.05) is 6.92 Å². The zero-order valence-corrected chi connectivity index (χ0v) is 13.0. The molecule has 2 rings (SSSR count). The van der Waals surface area contributed by atoms with E-state index in [9.17, 15) is 9.90 Å². The average Bonchev–Trinajstić information content (AvgIpc) is 2.79. The Balaban J connectivity index is 1.90. The summed E-state index contributed by atoms with van der Waals surface area (Å²) in [5, 5.41) is 12.2. The van der Waals surface area contributed by atoms with Gasteiger partial charge >= 0.3 is 0 Å². The highest BCUT2D eigenvalue weighted by Crippen LogP contribution is 2.20. The maximum Gasteiger partial charge on any atom is 0.287 e. The van der Waals surface area contributed by atoms with Crippen molar-refractivity contribution in [3.63, 3.8) is 0 Å². The van der Waals surface area contributed by atoms with Crippen molar-refractivity contribution in [3.05, 3.63) is 22.1 Å². The van der Waals surface area contributed by atoms with Crippen LogP contribution >= 0.6 is 15.9 Å². The van der Waals surface area contributed by atoms with Crippen LogP contribution in [0.4, 0.5) is 0 Å². The zero-order chi connectivity index (χ0) is 14.5. The van der Waals surface area contributed by atoms with E-state index in [0.717, 1.165) is 18.7 Å². The van der Waals surface area contributed by atoms with Gasteiger partial charge in [0.1, 0.15) is 0 Å². The van der Waals surface area contributed by atoms with Crippen molar-refractivity contribution in [2.75, 3.05) is 39.5 Å². The van der Waals surface area contributed by atoms with Crippen LogP contribution in [0.2, 0.25) is 0 Å². The lowest BCUT2D eigenvalue weighted by Gasteiger charge is -2.29. The quantitative estimate of drug-likeness (QED) is 0.823. The number of amides is 1. The molecule has 1 saturated heterocycles. The number of nitrogens with zero attached hydrogens (tertiary/aromatic N) is 1. The molecule has 0 bridgehead atoms. The van der Waals surface area contributed by atoms with E-state index in [1.165, 1.54) is 0 Å². The number of carbonyl (C=O) groups excluding carboxylic acids is 1. The second kappa shape index (κ2) is 7.21. The van der Waals surface area contributed by atoms with Crippen LogP contribution in [0.1, 0.15) is 16.1 Å². The average molecular weight is 347 g/mol. The fourth-order valence-electron chi connectivity index (χ4n) is 2.07. The molecule has 1 aromatic rings. The Morgan fingerprint density at radius 2 is 2.25 bits per heavy atom. The van der Waals surface area contributed by atoms with E-state index in [4.69, 9.17) is 9.15 Å². The summed E-state index contributed by atoms with van der Waals surface area (Å²) in [6.07, 6.45) is 0. The minimum absolute atomic E-state index is 0.107. The molecule has 1 aliphatic heterocycles. The summed E-state index contributed by atoms with van der Waals surface area (Å²) in [4.78, 5) is 14.2. The highest BCUT2D eigenvalue weighted by atomic mass is 79.9. The maximum atomic E-state index is 12.0. The maximum absolute atomic E-state index is 12.0. The third-order valence-electron chi connectivity index (χ3n) is 3.22. The summed E-state index contributed by atoms with van der Waals surface area (Å²) in [5.41, 5.74) is 0.865. The molecule has 2 heterocycles. The van der Waals surface area contributed by atoms with Crippen molar-refractivity contribution < 1.29 is 19.1 Å². The van der Waals surface area contributed by atoms with Crippen LogP contribution in [-0.4, -0.2) is 61.4 Å². The van der Waals surface area contributed by atoms with Gasteiger partial charge in [-0.05, 0) is 28.9 Å². The topological polar surface area (TPSA) is 74.9 Å². The molecule has 0 aromatic carbocycles. The van der Waals surface area contributed by atoms with Crippen molar-refractivity contribution in [1.82, 2.24) is 10.2 Å². The molecule has 0 aliphatic carbocycles. The third-order valence-corrected chi connectivity index (χ3v) is 4.01. The number of nitrogens with one attached hydrogen (secondary N) is 1. The van der Waals surface area contributed by atoms with Gasteiger partial charge < -0.3 is 19.6 Å². The van der Waals surface area contributed by atoms with Crippen LogP contribution in [-0.2, 0) is 4.74 Å². The van der Waals surface area contributed by atoms with Crippen molar-refractivity contribution >= 4 is 21.8 Å². The van der Waals surface area contributed by atoms with E-state index in [1.54, 1.807) is 6.07 Å². The van der Waals surface area contributed by atoms with E-state index in [0.29, 0.717) is 24.4 Å². The number of furan rings is 1. The number of rotatable bonds is 5. The van der Waals surface area contributed by atoms with Gasteiger partial charge in [-0.2, -0.15) is 0 Å². The summed E-state index contributed by atoms with van der Waals surface area (Å²) >= 11 is 3.23. The number of carbonyl (C=O) groups is 1. The Bertz CT molecular complexity index is 438. The zero-order valence-electron chi connectivity index (χ0n) is 11.4. The van der Waals surface area contributed by atoms with E-state index in [-0.39, 0.29) is 24.3 Å². The van der Waals surface area contributed by atoms with Crippen molar-refractivity contribution in [2.45, 2.75) is 13.0 Å². The molecule has 1 atom stereocenters. The second-order valence-corrected chi connectivity index (χ2v) is 5.55. The van der Waals surface area contributed by atoms with E-state index < -0.39 is 0 Å². The summed E-state index contributed by atoms with van der Waals surface area (Å²) in [5.74, 6) is -0.0686. The molecule has 2 N–H and O–H groups in total. The SMILES string of the molecule is Cc1cc(C(=O)NC(CO)CN2CCOCC2)oc1Br. The molecule has 20 heavy (non-hydrogen) atoms. The van der Waals surface area contributed by atoms with Crippen LogP contribution in [0.5, 0.6) is 0 Å². The van der Waals surface area contributed by atoms with Gasteiger partial charge in [-0.15, -0.1) is 0 Å². The summed E-state index contributed by atoms with van der Waals surface area (Å²) in [7, 11) is 0. The molecule has 0 radical (unpaired) electrons. The fourth-order valence-corrected chi connectivity index (χ4v) is 2.36. The lowest BCUT2D eigenvalue weighted by molar-refractivity contribution is 0.0295. The predicted octanol–water partition coefficient (Wildman–Crippen LogP) is 0.773. The van der Waals surface area contributed by atoms with Gasteiger partial charge in [0.25, 0.3) is 5.91 Å². The fraction of sp³-hybridized carbons (Fsp3) is 0.615. The minimum Gasteiger partial charge on any atom is -0.444 e. The van der Waals surface area contributed by atoms with Gasteiger partial charge in [-0.3, -0.25) is 9.69 Å². The number of ether oxygens (including phenoxy) is 1. The van der Waals surface area contributed by atoms with Gasteiger partial charge in [-0.25, -0.2) is 0 Å². The lowest BCUT2D eigenvalue weighted by Crippen LogP contribution is -2.48. The molecular formula is C13H19BrN2O4. The monoisotopic (exact) mass is 346 g/mol. The first-order chi connectivity index (χ1) is 9.60. The Labute approximate surface area is 126 Å². The van der Waals surface area contributed by atoms with Crippen LogP contribution in [0, 0.1) is 6.92 Å². The number of aryl methyl sites for hydroxylation is 1. The molecule has 6 nitrogen and oxygen atoms in total. The number of aliphatic hydroxyl groups excluding tert-OH is 1. The van der Waals surface area contributed by atoms with Gasteiger partial charge in [0, 0.05) is 25.2 Å². The molecule has 0 spiro atoms. The highest BCUT2D eigenvalue weighted by molar-refractivity contribution is 9.10. The van der Waals surface area contributed by atoms with E-state index >= 15 is 0 Å². The van der Waals surface area contributed by atoms with Crippen LogP contribution in [0.25, 0.3) is 0 Å². The van der Waals surface area contributed by atoms with Crippen molar-refractivity contribution in [1.29, 1.82) is 0 Å². The Morgan fingerprint density at radius 1 is 1.55 bits per heavy atom. The standard InChI is InChI=1S/C13H19BrN2O4/c1-9-6-11(20-12(9)14)13(18)15-10(8-17)7-16-2-4-19-5-3-16/h6,10,17H,2-5,7-8H2,1H3,(H,15,18). The molecule has 7 heteroatoms. The third kappa shape index (κ3) is 4.05. The molecule has 1 aliphatic rings. The van der Waals surface area contributed by atoms with Crippen LogP contribution in [0.15, 0.2) is 15.2 Å². The number of hydrogen-bond acceptors (Lipinski definition) is 5. The van der Waals surface area contributed by atoms with Gasteiger partial charge in [0.05, 0.1) is 25.9 Å². The summed E-state index contributed by atoms with van der Waals surface area (Å²) < 4.78 is 11.1. The second-order valence-electron chi connectivity index (χ2n) is 4.83. The molecular weight excluding hydrogens is 328 g/mol. The number of morpholine rings is 1. The minimum atomic E-state index is -0.315. The first kappa shape index (κ1) is 15.5. The van der Waals surface area contributed by atoms with Gasteiger partial charge in [0.15, 0.2) is 10.4 Å². The first-order valence-electron chi connectivity index (χ1n) is 6.58. The Kier molecular flexibility index (Phi) is 5.59.